The van der Waals surface area contributed by atoms with Gasteiger partial charge < -0.3 is 5.32 Å². The molecule has 0 saturated heterocycles. The largest absolute Gasteiger partial charge is 0.310 e. The van der Waals surface area contributed by atoms with Crippen LogP contribution in [0.5, 0.6) is 0 Å². The summed E-state index contributed by atoms with van der Waals surface area (Å²) in [7, 11) is 0. The third kappa shape index (κ3) is 2.79. The molecule has 0 unspecified atom stereocenters. The van der Waals surface area contributed by atoms with E-state index < -0.39 is 0 Å². The van der Waals surface area contributed by atoms with Crippen LogP contribution < -0.4 is 5.32 Å². The van der Waals surface area contributed by atoms with E-state index in [0.29, 0.717) is 12.6 Å². The van der Waals surface area contributed by atoms with Gasteiger partial charge in [0.25, 0.3) is 0 Å². The summed E-state index contributed by atoms with van der Waals surface area (Å²) in [6, 6.07) is 5.63. The molecule has 1 aromatic carbocycles. The Kier molecular flexibility index (Phi) is 3.18. The van der Waals surface area contributed by atoms with Gasteiger partial charge in [0.1, 0.15) is 5.82 Å². The smallest absolute Gasteiger partial charge is 0.125 e. The average molecular weight is 310 g/mol. The minimum Gasteiger partial charge on any atom is -0.310 e. The van der Waals surface area contributed by atoms with Gasteiger partial charge in [0.15, 0.2) is 0 Å². The summed E-state index contributed by atoms with van der Waals surface area (Å²) in [5, 5.41) is 7.54. The van der Waals surface area contributed by atoms with Crippen LogP contribution in [-0.4, -0.2) is 15.8 Å². The fourth-order valence-corrected chi connectivity index (χ4v) is 2.14. The zero-order valence-corrected chi connectivity index (χ0v) is 11.3. The van der Waals surface area contributed by atoms with Crippen molar-refractivity contribution in [2.75, 3.05) is 0 Å². The molecule has 1 N–H and O–H groups in total. The summed E-state index contributed by atoms with van der Waals surface area (Å²) in [5.74, 6) is -0.230. The highest BCUT2D eigenvalue weighted by atomic mass is 79.9. The maximum atomic E-state index is 13.6. The lowest BCUT2D eigenvalue weighted by atomic mass is 10.2. The Labute approximate surface area is 113 Å². The Morgan fingerprint density at radius 1 is 1.39 bits per heavy atom. The van der Waals surface area contributed by atoms with Crippen LogP contribution in [0.25, 0.3) is 5.69 Å². The SMILES string of the molecule is Fc1cc(CNC2CC2)cc(-n2cc(Br)cn2)c1. The van der Waals surface area contributed by atoms with Crippen molar-refractivity contribution in [2.24, 2.45) is 0 Å². The van der Waals surface area contributed by atoms with Crippen molar-refractivity contribution in [1.29, 1.82) is 0 Å². The molecule has 1 aromatic heterocycles. The standard InChI is InChI=1S/C13H13BrFN3/c14-10-7-17-18(8-10)13-4-9(3-11(15)5-13)6-16-12-1-2-12/h3-5,7-8,12,16H,1-2,6H2. The number of hydrogen-bond acceptors (Lipinski definition) is 2. The molecule has 18 heavy (non-hydrogen) atoms. The average Bonchev–Trinajstić information content (AvgIpc) is 3.07. The van der Waals surface area contributed by atoms with E-state index in [2.05, 4.69) is 26.3 Å². The highest BCUT2D eigenvalue weighted by molar-refractivity contribution is 9.10. The third-order valence-electron chi connectivity index (χ3n) is 2.93. The van der Waals surface area contributed by atoms with Crippen LogP contribution in [-0.2, 0) is 6.54 Å². The van der Waals surface area contributed by atoms with E-state index in [-0.39, 0.29) is 5.82 Å². The maximum absolute atomic E-state index is 13.6. The molecule has 1 saturated carbocycles. The molecule has 3 rings (SSSR count). The van der Waals surface area contributed by atoms with Crippen LogP contribution in [0, 0.1) is 5.82 Å². The zero-order chi connectivity index (χ0) is 12.5. The second-order valence-electron chi connectivity index (χ2n) is 4.58. The molecule has 1 heterocycles. The van der Waals surface area contributed by atoms with Gasteiger partial charge in [-0.25, -0.2) is 9.07 Å². The number of benzene rings is 1. The molecule has 1 fully saturated rings. The van der Waals surface area contributed by atoms with Crippen LogP contribution in [0.4, 0.5) is 4.39 Å². The van der Waals surface area contributed by atoms with Gasteiger partial charge in [-0.3, -0.25) is 0 Å². The van der Waals surface area contributed by atoms with Crippen molar-refractivity contribution in [3.05, 3.63) is 46.4 Å². The van der Waals surface area contributed by atoms with Crippen molar-refractivity contribution >= 4 is 15.9 Å². The molecule has 0 spiro atoms. The molecule has 3 nitrogen and oxygen atoms in total. The van der Waals surface area contributed by atoms with Gasteiger partial charge in [-0.15, -0.1) is 0 Å². The molecule has 1 aliphatic rings. The molecule has 0 amide bonds. The Morgan fingerprint density at radius 2 is 2.22 bits per heavy atom. The summed E-state index contributed by atoms with van der Waals surface area (Å²) in [4.78, 5) is 0. The highest BCUT2D eigenvalue weighted by Crippen LogP contribution is 2.20. The second-order valence-corrected chi connectivity index (χ2v) is 5.49. The van der Waals surface area contributed by atoms with Gasteiger partial charge in [0.2, 0.25) is 0 Å². The van der Waals surface area contributed by atoms with Crippen LogP contribution in [0.1, 0.15) is 18.4 Å². The van der Waals surface area contributed by atoms with Gasteiger partial charge in [-0.1, -0.05) is 0 Å². The van der Waals surface area contributed by atoms with Crippen molar-refractivity contribution in [2.45, 2.75) is 25.4 Å². The molecule has 2 aromatic rings. The van der Waals surface area contributed by atoms with Gasteiger partial charge in [0, 0.05) is 18.8 Å². The van der Waals surface area contributed by atoms with Crippen LogP contribution in [0.3, 0.4) is 0 Å². The van der Waals surface area contributed by atoms with E-state index in [1.54, 1.807) is 16.9 Å². The molecule has 5 heteroatoms. The molecule has 94 valence electrons. The van der Waals surface area contributed by atoms with Gasteiger partial charge in [-0.05, 0) is 52.5 Å². The summed E-state index contributed by atoms with van der Waals surface area (Å²) in [6.45, 7) is 0.706. The summed E-state index contributed by atoms with van der Waals surface area (Å²) in [6.07, 6.45) is 5.96. The minimum atomic E-state index is -0.230. The number of hydrogen-bond donors (Lipinski definition) is 1. The predicted molar refractivity (Wildman–Crippen MR) is 71.1 cm³/mol. The van der Waals surface area contributed by atoms with E-state index in [0.717, 1.165) is 15.7 Å². The lowest BCUT2D eigenvalue weighted by molar-refractivity contribution is 0.617. The molecule has 0 bridgehead atoms. The Balaban J connectivity index is 1.84. The fourth-order valence-electron chi connectivity index (χ4n) is 1.86. The number of halogens is 2. The fraction of sp³-hybridized carbons (Fsp3) is 0.308. The van der Waals surface area contributed by atoms with E-state index in [1.807, 2.05) is 12.3 Å². The topological polar surface area (TPSA) is 29.9 Å². The monoisotopic (exact) mass is 309 g/mol. The normalized spacial score (nSPS) is 15.0. The number of aromatic nitrogens is 2. The third-order valence-corrected chi connectivity index (χ3v) is 3.34. The van der Waals surface area contributed by atoms with E-state index in [1.165, 1.54) is 18.9 Å². The van der Waals surface area contributed by atoms with Crippen LogP contribution in [0.2, 0.25) is 0 Å². The van der Waals surface area contributed by atoms with Gasteiger partial charge >= 0.3 is 0 Å². The van der Waals surface area contributed by atoms with Crippen molar-refractivity contribution in [1.82, 2.24) is 15.1 Å². The quantitative estimate of drug-likeness (QED) is 0.941. The maximum Gasteiger partial charge on any atom is 0.125 e. The van der Waals surface area contributed by atoms with E-state index in [4.69, 9.17) is 0 Å². The highest BCUT2D eigenvalue weighted by Gasteiger charge is 2.20. The Morgan fingerprint density at radius 3 is 2.89 bits per heavy atom. The minimum absolute atomic E-state index is 0.230. The summed E-state index contributed by atoms with van der Waals surface area (Å²) in [5.41, 5.74) is 1.69. The molecular formula is C13H13BrFN3. The van der Waals surface area contributed by atoms with Crippen LogP contribution >= 0.6 is 15.9 Å². The first-order valence-electron chi connectivity index (χ1n) is 5.94. The van der Waals surface area contributed by atoms with E-state index in [9.17, 15) is 4.39 Å². The van der Waals surface area contributed by atoms with E-state index >= 15 is 0 Å². The lowest BCUT2D eigenvalue weighted by Gasteiger charge is -2.07. The molecule has 0 aliphatic heterocycles. The van der Waals surface area contributed by atoms with Crippen molar-refractivity contribution in [3.63, 3.8) is 0 Å². The molecule has 1 aliphatic carbocycles. The Bertz CT molecular complexity index is 563. The molecule has 0 atom stereocenters. The molecular weight excluding hydrogens is 297 g/mol. The van der Waals surface area contributed by atoms with Crippen LogP contribution in [0.15, 0.2) is 35.1 Å². The first kappa shape index (κ1) is 11.9. The van der Waals surface area contributed by atoms with Crippen molar-refractivity contribution in [3.8, 4) is 5.69 Å². The summed E-state index contributed by atoms with van der Waals surface area (Å²) < 4.78 is 16.1. The number of rotatable bonds is 4. The summed E-state index contributed by atoms with van der Waals surface area (Å²) >= 11 is 3.34. The molecule has 0 radical (unpaired) electrons. The number of nitrogens with one attached hydrogen (secondary N) is 1. The second kappa shape index (κ2) is 4.82. The zero-order valence-electron chi connectivity index (χ0n) is 9.74. The lowest BCUT2D eigenvalue weighted by Crippen LogP contribution is -2.15. The Hall–Kier alpha value is -1.20. The first-order chi connectivity index (χ1) is 8.70. The predicted octanol–water partition coefficient (Wildman–Crippen LogP) is 3.03. The van der Waals surface area contributed by atoms with Crippen molar-refractivity contribution < 1.29 is 4.39 Å². The van der Waals surface area contributed by atoms with Gasteiger partial charge in [0.05, 0.1) is 16.4 Å². The van der Waals surface area contributed by atoms with Gasteiger partial charge in [-0.2, -0.15) is 5.10 Å². The first-order valence-corrected chi connectivity index (χ1v) is 6.73. The number of nitrogens with zero attached hydrogens (tertiary/aromatic N) is 2.